The number of pyridine rings is 1. The molecule has 1 heterocycles. The first-order valence-corrected chi connectivity index (χ1v) is 7.18. The fourth-order valence-electron chi connectivity index (χ4n) is 3.65. The number of hydrogen-bond acceptors (Lipinski definition) is 3. The first-order chi connectivity index (χ1) is 9.26. The molecule has 1 amide bonds. The summed E-state index contributed by atoms with van der Waals surface area (Å²) in [6, 6.07) is 3.64. The third-order valence-electron chi connectivity index (χ3n) is 4.69. The third-order valence-corrected chi connectivity index (χ3v) is 4.69. The number of carbonyl (C=O) groups excluding carboxylic acids is 1. The fourth-order valence-corrected chi connectivity index (χ4v) is 3.65. The maximum Gasteiger partial charge on any atom is 0.269 e. The number of hydrogen-bond donors (Lipinski definition) is 2. The summed E-state index contributed by atoms with van der Waals surface area (Å²) >= 11 is 0. The van der Waals surface area contributed by atoms with Gasteiger partial charge in [0.2, 0.25) is 0 Å². The van der Waals surface area contributed by atoms with E-state index in [2.05, 4.69) is 15.6 Å². The highest BCUT2D eigenvalue weighted by molar-refractivity contribution is 5.93. The van der Waals surface area contributed by atoms with Crippen LogP contribution in [0, 0.1) is 17.8 Å². The Morgan fingerprint density at radius 2 is 2.32 bits per heavy atom. The Bertz CT molecular complexity index is 474. The molecule has 0 aromatic carbocycles. The minimum Gasteiger partial charge on any atom is -0.388 e. The lowest BCUT2D eigenvalue weighted by molar-refractivity contribution is 0.0937. The second-order valence-corrected chi connectivity index (χ2v) is 5.82. The van der Waals surface area contributed by atoms with Gasteiger partial charge < -0.3 is 10.6 Å². The molecule has 1 aromatic heterocycles. The van der Waals surface area contributed by atoms with Crippen molar-refractivity contribution in [1.82, 2.24) is 10.3 Å². The van der Waals surface area contributed by atoms with E-state index in [1.165, 1.54) is 25.7 Å². The van der Waals surface area contributed by atoms with Crippen molar-refractivity contribution in [2.45, 2.75) is 25.7 Å². The van der Waals surface area contributed by atoms with Crippen LogP contribution in [0.5, 0.6) is 0 Å². The summed E-state index contributed by atoms with van der Waals surface area (Å²) in [7, 11) is 1.84. The van der Waals surface area contributed by atoms with Gasteiger partial charge in [-0.15, -0.1) is 0 Å². The summed E-state index contributed by atoms with van der Waals surface area (Å²) in [5.41, 5.74) is 1.41. The molecule has 0 radical (unpaired) electrons. The number of amides is 1. The first kappa shape index (κ1) is 12.5. The van der Waals surface area contributed by atoms with Crippen molar-refractivity contribution in [1.29, 1.82) is 0 Å². The Labute approximate surface area is 114 Å². The van der Waals surface area contributed by atoms with Gasteiger partial charge in [-0.1, -0.05) is 6.42 Å². The van der Waals surface area contributed by atoms with Gasteiger partial charge in [0.25, 0.3) is 5.91 Å². The standard InChI is InChI=1S/C15H21N3O/c1-16-13-4-5-17-14(8-13)15(19)18-9-12-7-10-2-3-11(12)6-10/h4-5,8,10-12H,2-3,6-7,9H2,1H3,(H,16,17)(H,18,19). The lowest BCUT2D eigenvalue weighted by Gasteiger charge is -2.21. The van der Waals surface area contributed by atoms with Gasteiger partial charge in [-0.05, 0) is 49.1 Å². The lowest BCUT2D eigenvalue weighted by atomic mass is 9.89. The molecule has 3 unspecified atom stereocenters. The second-order valence-electron chi connectivity index (χ2n) is 5.82. The Balaban J connectivity index is 1.56. The molecule has 19 heavy (non-hydrogen) atoms. The molecule has 2 N–H and O–H groups in total. The molecule has 2 aliphatic carbocycles. The minimum absolute atomic E-state index is 0.0557. The molecule has 4 heteroatoms. The average Bonchev–Trinajstić information content (AvgIpc) is 3.07. The van der Waals surface area contributed by atoms with Gasteiger partial charge in [0, 0.05) is 25.5 Å². The van der Waals surface area contributed by atoms with Crippen LogP contribution >= 0.6 is 0 Å². The quantitative estimate of drug-likeness (QED) is 0.872. The highest BCUT2D eigenvalue weighted by atomic mass is 16.1. The maximum atomic E-state index is 12.1. The van der Waals surface area contributed by atoms with Gasteiger partial charge in [-0.3, -0.25) is 9.78 Å². The van der Waals surface area contributed by atoms with Crippen LogP contribution in [0.3, 0.4) is 0 Å². The number of aromatic nitrogens is 1. The molecule has 0 saturated heterocycles. The number of anilines is 1. The molecular formula is C15H21N3O. The molecule has 2 bridgehead atoms. The zero-order valence-electron chi connectivity index (χ0n) is 11.4. The largest absolute Gasteiger partial charge is 0.388 e. The molecule has 2 saturated carbocycles. The fraction of sp³-hybridized carbons (Fsp3) is 0.600. The predicted molar refractivity (Wildman–Crippen MR) is 75.1 cm³/mol. The van der Waals surface area contributed by atoms with E-state index in [0.717, 1.165) is 24.1 Å². The van der Waals surface area contributed by atoms with Crippen molar-refractivity contribution in [3.63, 3.8) is 0 Å². The van der Waals surface area contributed by atoms with Crippen LogP contribution in [-0.2, 0) is 0 Å². The minimum atomic E-state index is -0.0557. The van der Waals surface area contributed by atoms with Crippen LogP contribution in [0.1, 0.15) is 36.2 Å². The predicted octanol–water partition coefficient (Wildman–Crippen LogP) is 2.29. The normalized spacial score (nSPS) is 28.4. The molecule has 0 spiro atoms. The van der Waals surface area contributed by atoms with E-state index < -0.39 is 0 Å². The smallest absolute Gasteiger partial charge is 0.269 e. The van der Waals surface area contributed by atoms with E-state index >= 15 is 0 Å². The van der Waals surface area contributed by atoms with Gasteiger partial charge in [0.1, 0.15) is 5.69 Å². The molecule has 0 aliphatic heterocycles. The summed E-state index contributed by atoms with van der Waals surface area (Å²) in [5.74, 6) is 2.41. The van der Waals surface area contributed by atoms with Crippen molar-refractivity contribution in [2.75, 3.05) is 18.9 Å². The number of fused-ring (bicyclic) bond motifs is 2. The van der Waals surface area contributed by atoms with Crippen molar-refractivity contribution < 1.29 is 4.79 Å². The number of rotatable bonds is 4. The SMILES string of the molecule is CNc1ccnc(C(=O)NCC2CC3CCC2C3)c1. The summed E-state index contributed by atoms with van der Waals surface area (Å²) in [5, 5.41) is 6.07. The van der Waals surface area contributed by atoms with Crippen molar-refractivity contribution in [2.24, 2.45) is 17.8 Å². The van der Waals surface area contributed by atoms with E-state index in [1.807, 2.05) is 13.1 Å². The van der Waals surface area contributed by atoms with Gasteiger partial charge in [-0.25, -0.2) is 0 Å². The highest BCUT2D eigenvalue weighted by Gasteiger charge is 2.39. The van der Waals surface area contributed by atoms with Crippen molar-refractivity contribution in [3.05, 3.63) is 24.0 Å². The van der Waals surface area contributed by atoms with Crippen LogP contribution < -0.4 is 10.6 Å². The summed E-state index contributed by atoms with van der Waals surface area (Å²) < 4.78 is 0. The van der Waals surface area contributed by atoms with E-state index in [1.54, 1.807) is 12.3 Å². The van der Waals surface area contributed by atoms with Crippen molar-refractivity contribution in [3.8, 4) is 0 Å². The number of nitrogens with one attached hydrogen (secondary N) is 2. The number of nitrogens with zero attached hydrogens (tertiary/aromatic N) is 1. The van der Waals surface area contributed by atoms with Crippen LogP contribution in [0.25, 0.3) is 0 Å². The van der Waals surface area contributed by atoms with Crippen LogP contribution in [0.15, 0.2) is 18.3 Å². The van der Waals surface area contributed by atoms with Crippen molar-refractivity contribution >= 4 is 11.6 Å². The summed E-state index contributed by atoms with van der Waals surface area (Å²) in [6.45, 7) is 0.811. The van der Waals surface area contributed by atoms with E-state index in [-0.39, 0.29) is 5.91 Å². The summed E-state index contributed by atoms with van der Waals surface area (Å²) in [6.07, 6.45) is 7.11. The molecule has 3 atom stereocenters. The Hall–Kier alpha value is -1.58. The zero-order chi connectivity index (χ0) is 13.2. The Kier molecular flexibility index (Phi) is 3.40. The van der Waals surface area contributed by atoms with E-state index in [4.69, 9.17) is 0 Å². The maximum absolute atomic E-state index is 12.1. The van der Waals surface area contributed by atoms with E-state index in [0.29, 0.717) is 11.6 Å². The third kappa shape index (κ3) is 2.57. The second kappa shape index (κ2) is 5.19. The molecule has 3 rings (SSSR count). The zero-order valence-corrected chi connectivity index (χ0v) is 11.4. The molecule has 1 aromatic rings. The number of carbonyl (C=O) groups is 1. The van der Waals surface area contributed by atoms with Gasteiger partial charge in [0.05, 0.1) is 0 Å². The van der Waals surface area contributed by atoms with Gasteiger partial charge in [0.15, 0.2) is 0 Å². The van der Waals surface area contributed by atoms with Crippen LogP contribution in [0.4, 0.5) is 5.69 Å². The molecular weight excluding hydrogens is 238 g/mol. The summed E-state index contributed by atoms with van der Waals surface area (Å²) in [4.78, 5) is 16.2. The van der Waals surface area contributed by atoms with Crippen LogP contribution in [-0.4, -0.2) is 24.5 Å². The molecule has 2 aliphatic rings. The van der Waals surface area contributed by atoms with E-state index in [9.17, 15) is 4.79 Å². The topological polar surface area (TPSA) is 54.0 Å². The van der Waals surface area contributed by atoms with Crippen LogP contribution in [0.2, 0.25) is 0 Å². The van der Waals surface area contributed by atoms with Gasteiger partial charge >= 0.3 is 0 Å². The first-order valence-electron chi connectivity index (χ1n) is 7.18. The monoisotopic (exact) mass is 259 g/mol. The Morgan fingerprint density at radius 3 is 3.00 bits per heavy atom. The lowest BCUT2D eigenvalue weighted by Crippen LogP contribution is -2.32. The Morgan fingerprint density at radius 1 is 1.42 bits per heavy atom. The highest BCUT2D eigenvalue weighted by Crippen LogP contribution is 2.47. The molecule has 4 nitrogen and oxygen atoms in total. The van der Waals surface area contributed by atoms with Gasteiger partial charge in [-0.2, -0.15) is 0 Å². The molecule has 2 fully saturated rings. The average molecular weight is 259 g/mol. The molecule has 102 valence electrons.